The van der Waals surface area contributed by atoms with Crippen LogP contribution < -0.4 is 5.32 Å². The molecule has 1 aromatic rings. The number of nitrogens with one attached hydrogen (secondary N) is 1. The van der Waals surface area contributed by atoms with Crippen LogP contribution in [0.4, 0.5) is 0 Å². The van der Waals surface area contributed by atoms with Gasteiger partial charge in [0.2, 0.25) is 5.91 Å². The quantitative estimate of drug-likeness (QED) is 0.894. The van der Waals surface area contributed by atoms with Crippen LogP contribution in [-0.2, 0) is 16.6 Å². The summed E-state index contributed by atoms with van der Waals surface area (Å²) in [7, 11) is 1.93. The Morgan fingerprint density at radius 1 is 1.43 bits per heavy atom. The largest absolute Gasteiger partial charge is 0.381 e. The highest BCUT2D eigenvalue weighted by atomic mass is 16.5. The van der Waals surface area contributed by atoms with Crippen molar-refractivity contribution in [3.8, 4) is 0 Å². The zero-order valence-electron chi connectivity index (χ0n) is 12.6. The highest BCUT2D eigenvalue weighted by Crippen LogP contribution is 2.31. The fraction of sp³-hybridized carbons (Fsp3) is 0.733. The summed E-state index contributed by atoms with van der Waals surface area (Å²) in [6.45, 7) is 2.98. The fourth-order valence-corrected chi connectivity index (χ4v) is 3.30. The lowest BCUT2D eigenvalue weighted by Crippen LogP contribution is -2.44. The third kappa shape index (κ3) is 3.63. The number of likely N-dealkylation sites (tertiary alicyclic amines) is 1. The van der Waals surface area contributed by atoms with Gasteiger partial charge in [-0.25, -0.2) is 0 Å². The maximum atomic E-state index is 12.2. The number of amides is 1. The van der Waals surface area contributed by atoms with E-state index >= 15 is 0 Å². The lowest BCUT2D eigenvalue weighted by molar-refractivity contribution is -0.123. The first-order valence-corrected chi connectivity index (χ1v) is 7.82. The van der Waals surface area contributed by atoms with Gasteiger partial charge in [-0.05, 0) is 32.2 Å². The molecule has 0 aliphatic carbocycles. The first kappa shape index (κ1) is 14.5. The molecule has 1 amide bonds. The van der Waals surface area contributed by atoms with Gasteiger partial charge in [0.25, 0.3) is 0 Å². The molecular weight excluding hydrogens is 268 g/mol. The van der Waals surface area contributed by atoms with E-state index in [1.807, 2.05) is 17.9 Å². The second kappa shape index (κ2) is 6.58. The lowest BCUT2D eigenvalue weighted by atomic mass is 10.1. The van der Waals surface area contributed by atoms with Gasteiger partial charge in [-0.3, -0.25) is 14.4 Å². The molecule has 2 aliphatic heterocycles. The van der Waals surface area contributed by atoms with Crippen molar-refractivity contribution in [3.05, 3.63) is 18.0 Å². The van der Waals surface area contributed by atoms with Gasteiger partial charge in [0.05, 0.1) is 12.7 Å². The normalized spacial score (nSPS) is 24.3. The Hall–Kier alpha value is -1.40. The number of aryl methyl sites for hydroxylation is 1. The number of carbonyl (C=O) groups excluding carboxylic acids is 1. The van der Waals surface area contributed by atoms with E-state index in [0.717, 1.165) is 45.4 Å². The minimum absolute atomic E-state index is 0.137. The van der Waals surface area contributed by atoms with Crippen molar-refractivity contribution in [2.24, 2.45) is 7.05 Å². The van der Waals surface area contributed by atoms with E-state index in [0.29, 0.717) is 12.6 Å². The molecule has 0 radical (unpaired) electrons. The van der Waals surface area contributed by atoms with E-state index in [2.05, 4.69) is 21.5 Å². The van der Waals surface area contributed by atoms with Crippen LogP contribution in [-0.4, -0.2) is 52.9 Å². The van der Waals surface area contributed by atoms with E-state index in [1.165, 1.54) is 5.56 Å². The molecule has 1 aromatic heterocycles. The summed E-state index contributed by atoms with van der Waals surface area (Å²) in [4.78, 5) is 14.5. The van der Waals surface area contributed by atoms with Gasteiger partial charge < -0.3 is 10.1 Å². The molecule has 6 heteroatoms. The third-order valence-corrected chi connectivity index (χ3v) is 4.41. The summed E-state index contributed by atoms with van der Waals surface area (Å²) < 4.78 is 7.15. The number of rotatable bonds is 4. The topological polar surface area (TPSA) is 59.4 Å². The number of carbonyl (C=O) groups is 1. The van der Waals surface area contributed by atoms with Crippen LogP contribution in [0.5, 0.6) is 0 Å². The van der Waals surface area contributed by atoms with Gasteiger partial charge in [-0.1, -0.05) is 0 Å². The maximum Gasteiger partial charge on any atom is 0.234 e. The number of hydrogen-bond donors (Lipinski definition) is 1. The Morgan fingerprint density at radius 2 is 2.24 bits per heavy atom. The highest BCUT2D eigenvalue weighted by molar-refractivity contribution is 5.78. The van der Waals surface area contributed by atoms with Gasteiger partial charge in [0, 0.05) is 44.1 Å². The molecule has 1 unspecified atom stereocenters. The van der Waals surface area contributed by atoms with Gasteiger partial charge >= 0.3 is 0 Å². The first-order valence-electron chi connectivity index (χ1n) is 7.82. The van der Waals surface area contributed by atoms with Crippen molar-refractivity contribution < 1.29 is 9.53 Å². The van der Waals surface area contributed by atoms with Crippen LogP contribution in [0, 0.1) is 0 Å². The predicted molar refractivity (Wildman–Crippen MR) is 78.7 cm³/mol. The van der Waals surface area contributed by atoms with Crippen molar-refractivity contribution in [1.29, 1.82) is 0 Å². The molecule has 2 aliphatic rings. The zero-order chi connectivity index (χ0) is 14.7. The molecule has 1 N–H and O–H groups in total. The molecule has 3 rings (SSSR count). The standard InChI is InChI=1S/C15H24N4O2/c1-18-10-12(9-16-18)14-3-2-6-19(14)11-15(20)17-13-4-7-21-8-5-13/h9-10,13-14H,2-8,11H2,1H3,(H,17,20). The third-order valence-electron chi connectivity index (χ3n) is 4.41. The monoisotopic (exact) mass is 292 g/mol. The van der Waals surface area contributed by atoms with E-state index < -0.39 is 0 Å². The predicted octanol–water partition coefficient (Wildman–Crippen LogP) is 0.852. The second-order valence-electron chi connectivity index (χ2n) is 6.03. The van der Waals surface area contributed by atoms with Crippen LogP contribution in [0.15, 0.2) is 12.4 Å². The number of ether oxygens (including phenoxy) is 1. The fourth-order valence-electron chi connectivity index (χ4n) is 3.30. The van der Waals surface area contributed by atoms with E-state index in [4.69, 9.17) is 4.74 Å². The Bertz CT molecular complexity index is 482. The van der Waals surface area contributed by atoms with Gasteiger partial charge in [-0.2, -0.15) is 5.10 Å². The molecule has 0 aromatic carbocycles. The van der Waals surface area contributed by atoms with Gasteiger partial charge in [0.15, 0.2) is 0 Å². The Labute approximate surface area is 125 Å². The molecule has 21 heavy (non-hydrogen) atoms. The summed E-state index contributed by atoms with van der Waals surface area (Å²) in [6.07, 6.45) is 8.08. The maximum absolute atomic E-state index is 12.2. The summed E-state index contributed by atoms with van der Waals surface area (Å²) in [5.41, 5.74) is 1.22. The van der Waals surface area contributed by atoms with Crippen molar-refractivity contribution >= 4 is 5.91 Å². The van der Waals surface area contributed by atoms with Gasteiger partial charge in [0.1, 0.15) is 0 Å². The number of aromatic nitrogens is 2. The molecule has 1 atom stereocenters. The molecule has 2 saturated heterocycles. The highest BCUT2D eigenvalue weighted by Gasteiger charge is 2.29. The summed E-state index contributed by atoms with van der Waals surface area (Å²) in [5, 5.41) is 7.39. The summed E-state index contributed by atoms with van der Waals surface area (Å²) >= 11 is 0. The Balaban J connectivity index is 1.54. The van der Waals surface area contributed by atoms with Crippen molar-refractivity contribution in [1.82, 2.24) is 20.0 Å². The second-order valence-corrected chi connectivity index (χ2v) is 6.03. The molecule has 0 spiro atoms. The molecule has 6 nitrogen and oxygen atoms in total. The van der Waals surface area contributed by atoms with E-state index in [-0.39, 0.29) is 11.9 Å². The molecule has 3 heterocycles. The van der Waals surface area contributed by atoms with Crippen LogP contribution in [0.3, 0.4) is 0 Å². The molecule has 0 saturated carbocycles. The van der Waals surface area contributed by atoms with Crippen molar-refractivity contribution in [2.45, 2.75) is 37.8 Å². The smallest absolute Gasteiger partial charge is 0.234 e. The Kier molecular flexibility index (Phi) is 4.55. The van der Waals surface area contributed by atoms with E-state index in [9.17, 15) is 4.79 Å². The molecule has 116 valence electrons. The first-order chi connectivity index (χ1) is 10.2. The van der Waals surface area contributed by atoms with Crippen molar-refractivity contribution in [2.75, 3.05) is 26.3 Å². The SMILES string of the molecule is Cn1cc(C2CCCN2CC(=O)NC2CCOCC2)cn1. The van der Waals surface area contributed by atoms with Gasteiger partial charge in [-0.15, -0.1) is 0 Å². The summed E-state index contributed by atoms with van der Waals surface area (Å²) in [5.74, 6) is 0.137. The molecular formula is C15H24N4O2. The van der Waals surface area contributed by atoms with Crippen LogP contribution >= 0.6 is 0 Å². The lowest BCUT2D eigenvalue weighted by Gasteiger charge is -2.26. The molecule has 0 bridgehead atoms. The average Bonchev–Trinajstić information content (AvgIpc) is 3.08. The zero-order valence-corrected chi connectivity index (χ0v) is 12.6. The number of hydrogen-bond acceptors (Lipinski definition) is 4. The number of nitrogens with zero attached hydrogens (tertiary/aromatic N) is 3. The van der Waals surface area contributed by atoms with Crippen LogP contribution in [0.1, 0.15) is 37.3 Å². The van der Waals surface area contributed by atoms with Crippen LogP contribution in [0.25, 0.3) is 0 Å². The summed E-state index contributed by atoms with van der Waals surface area (Å²) in [6, 6.07) is 0.616. The minimum Gasteiger partial charge on any atom is -0.381 e. The van der Waals surface area contributed by atoms with E-state index in [1.54, 1.807) is 0 Å². The Morgan fingerprint density at radius 3 is 2.95 bits per heavy atom. The average molecular weight is 292 g/mol. The van der Waals surface area contributed by atoms with Crippen LogP contribution in [0.2, 0.25) is 0 Å². The molecule has 2 fully saturated rings. The minimum atomic E-state index is 0.137. The van der Waals surface area contributed by atoms with Crippen molar-refractivity contribution in [3.63, 3.8) is 0 Å².